The Hall–Kier alpha value is -6.20. The molecule has 0 aliphatic carbocycles. The fourth-order valence-corrected chi connectivity index (χ4v) is 8.02. The first-order valence-corrected chi connectivity index (χ1v) is 21.6. The number of nitrogens with one attached hydrogen (secondary N) is 1. The van der Waals surface area contributed by atoms with Gasteiger partial charge in [0.05, 0.1) is 23.0 Å². The number of nitrogens with zero attached hydrogens (tertiary/aromatic N) is 7. The van der Waals surface area contributed by atoms with E-state index in [0.717, 1.165) is 11.6 Å². The van der Waals surface area contributed by atoms with Crippen LogP contribution in [0.3, 0.4) is 0 Å². The fourth-order valence-electron chi connectivity index (χ4n) is 5.43. The van der Waals surface area contributed by atoms with Gasteiger partial charge in [-0.2, -0.15) is 33.7 Å². The van der Waals surface area contributed by atoms with Crippen LogP contribution in [0.25, 0.3) is 16.7 Å². The summed E-state index contributed by atoms with van der Waals surface area (Å²) in [6, 6.07) is 13.9. The molecule has 6 rings (SSSR count). The van der Waals surface area contributed by atoms with Crippen LogP contribution in [0, 0.1) is 18.6 Å². The third kappa shape index (κ3) is 8.80. The van der Waals surface area contributed by atoms with E-state index in [1.54, 1.807) is 66.8 Å². The molecule has 0 spiro atoms. The van der Waals surface area contributed by atoms with Gasteiger partial charge in [0.2, 0.25) is 0 Å². The van der Waals surface area contributed by atoms with Gasteiger partial charge in [0.15, 0.2) is 21.4 Å². The molecule has 0 saturated heterocycles. The third-order valence-corrected chi connectivity index (χ3v) is 11.6. The van der Waals surface area contributed by atoms with Crippen molar-refractivity contribution in [2.24, 2.45) is 10.2 Å². The number of rotatable bonds is 11. The second-order valence-corrected chi connectivity index (χ2v) is 17.7. The van der Waals surface area contributed by atoms with Gasteiger partial charge in [-0.25, -0.2) is 13.3 Å². The average molecular weight is 896 g/mol. The Labute approximate surface area is 332 Å². The molecule has 308 valence electrons. The van der Waals surface area contributed by atoms with Crippen molar-refractivity contribution in [2.45, 2.75) is 26.5 Å². The van der Waals surface area contributed by atoms with E-state index in [2.05, 4.69) is 30.5 Å². The number of benzene rings is 4. The largest absolute Gasteiger partial charge is 0.505 e. The highest BCUT2D eigenvalue weighted by molar-refractivity contribution is 7.87. The van der Waals surface area contributed by atoms with Crippen molar-refractivity contribution in [2.75, 3.05) is 17.3 Å². The quantitative estimate of drug-likeness (QED) is 0.0592. The Bertz CT molecular complexity index is 3200. The van der Waals surface area contributed by atoms with E-state index in [0.29, 0.717) is 17.8 Å². The summed E-state index contributed by atoms with van der Waals surface area (Å²) >= 11 is 0. The van der Waals surface area contributed by atoms with Gasteiger partial charge >= 0.3 is 17.8 Å². The summed E-state index contributed by atoms with van der Waals surface area (Å²) in [5, 5.41) is 19.7. The number of azo groups is 1. The monoisotopic (exact) mass is 895 g/mol. The number of aromatic nitrogens is 4. The molecule has 2 heterocycles. The SMILES string of the molecule is Cc1cc[n+](-c2nc(Nc3cc(S(=O)(=O)O)cc4cc(S(=O)(=O)O)c(N=Nc5cc(F)c(S(=O)(=O)O)c(F)c5S(=O)(=O)O)c(O)c34)nc(N(C)c3ccccc3)n2)cc1. The number of phenolic OH excluding ortho intramolecular Hbond substituents is 1. The number of aryl methyl sites for hydroxylation is 1. The Kier molecular flexibility index (Phi) is 10.9. The molecule has 0 radical (unpaired) electrons. The molecule has 6 N–H and O–H groups in total. The average Bonchev–Trinajstić information content (AvgIpc) is 3.12. The zero-order chi connectivity index (χ0) is 43.4. The molecule has 0 amide bonds. The summed E-state index contributed by atoms with van der Waals surface area (Å²) in [5.74, 6) is -6.42. The van der Waals surface area contributed by atoms with Crippen LogP contribution in [0.4, 0.5) is 43.4 Å². The molecule has 2 aromatic heterocycles. The van der Waals surface area contributed by atoms with Crippen LogP contribution >= 0.6 is 0 Å². The van der Waals surface area contributed by atoms with Gasteiger partial charge in [-0.1, -0.05) is 18.2 Å². The van der Waals surface area contributed by atoms with Gasteiger partial charge < -0.3 is 10.4 Å². The zero-order valence-corrected chi connectivity index (χ0v) is 32.8. The molecular formula is C32H25F2N8O13S4+. The fraction of sp³-hybridized carbons (Fsp3) is 0.0625. The molecule has 59 heavy (non-hydrogen) atoms. The van der Waals surface area contributed by atoms with Gasteiger partial charge in [-0.15, -0.1) is 15.2 Å². The lowest BCUT2D eigenvalue weighted by Gasteiger charge is -2.16. The first-order valence-electron chi connectivity index (χ1n) is 15.8. The molecule has 4 aromatic carbocycles. The molecular weight excluding hydrogens is 871 g/mol. The Balaban J connectivity index is 1.63. The summed E-state index contributed by atoms with van der Waals surface area (Å²) < 4.78 is 168. The van der Waals surface area contributed by atoms with E-state index in [4.69, 9.17) is 0 Å². The van der Waals surface area contributed by atoms with Crippen LogP contribution in [-0.2, 0) is 40.5 Å². The number of pyridine rings is 1. The standard InChI is InChI=1S/C32H24F2N8O13S4/c1-16-8-10-42(11-9-16)32-37-30(36-31(38-32)41(2)18-6-4-3-5-7-18)35-21-14-19(56(44,45)46)12-17-13-23(57(47,48)49)26(27(43)24(17)21)40-39-22-15-20(33)28(58(50,51)52)25(34)29(22)59(53,54)55/h3-15H,1-2H3,(H5-,35,36,37,38,39,43,44,45,46,47,48,49,50,51,52,53,54,55)/p+1. The highest BCUT2D eigenvalue weighted by Gasteiger charge is 2.33. The van der Waals surface area contributed by atoms with Gasteiger partial charge in [-0.3, -0.25) is 23.1 Å². The van der Waals surface area contributed by atoms with Crippen LogP contribution in [0.2, 0.25) is 0 Å². The Morgan fingerprint density at radius 2 is 1.37 bits per heavy atom. The van der Waals surface area contributed by atoms with E-state index in [9.17, 15) is 61.4 Å². The number of fused-ring (bicyclic) bond motifs is 1. The number of halogens is 2. The van der Waals surface area contributed by atoms with Crippen molar-refractivity contribution >= 4 is 85.9 Å². The molecule has 0 bridgehead atoms. The maximum Gasteiger partial charge on any atom is 0.444 e. The van der Waals surface area contributed by atoms with E-state index in [1.165, 1.54) is 4.57 Å². The first-order chi connectivity index (χ1) is 27.3. The molecule has 0 fully saturated rings. The molecule has 0 unspecified atom stereocenters. The minimum absolute atomic E-state index is 0.00601. The smallest absolute Gasteiger partial charge is 0.444 e. The van der Waals surface area contributed by atoms with Crippen LogP contribution in [0.5, 0.6) is 5.75 Å². The van der Waals surface area contributed by atoms with Crippen molar-refractivity contribution in [3.8, 4) is 11.7 Å². The van der Waals surface area contributed by atoms with Crippen LogP contribution < -0.4 is 14.8 Å². The Morgan fingerprint density at radius 3 is 1.95 bits per heavy atom. The summed E-state index contributed by atoms with van der Waals surface area (Å²) in [6.45, 7) is 1.82. The van der Waals surface area contributed by atoms with Gasteiger partial charge in [0.1, 0.15) is 22.1 Å². The lowest BCUT2D eigenvalue weighted by Crippen LogP contribution is -2.33. The summed E-state index contributed by atoms with van der Waals surface area (Å²) in [5.41, 5.74) is -1.90. The molecule has 21 nitrogen and oxygen atoms in total. The van der Waals surface area contributed by atoms with Crippen molar-refractivity contribution in [1.82, 2.24) is 15.0 Å². The van der Waals surface area contributed by atoms with Gasteiger partial charge in [0, 0.05) is 24.2 Å². The normalized spacial score (nSPS) is 12.6. The second-order valence-electron chi connectivity index (χ2n) is 12.2. The van der Waals surface area contributed by atoms with E-state index in [-0.39, 0.29) is 23.9 Å². The number of para-hydroxylation sites is 1. The molecule has 0 saturated carbocycles. The summed E-state index contributed by atoms with van der Waals surface area (Å²) in [7, 11) is -20.8. The highest BCUT2D eigenvalue weighted by atomic mass is 32.2. The number of aromatic hydroxyl groups is 1. The zero-order valence-electron chi connectivity index (χ0n) is 29.5. The molecule has 0 aliphatic heterocycles. The predicted octanol–water partition coefficient (Wildman–Crippen LogP) is 4.51. The maximum atomic E-state index is 15.1. The maximum absolute atomic E-state index is 15.1. The lowest BCUT2D eigenvalue weighted by molar-refractivity contribution is -0.603. The van der Waals surface area contributed by atoms with Gasteiger partial charge in [-0.05, 0) is 70.3 Å². The molecule has 0 aliphatic rings. The molecule has 6 aromatic rings. The Morgan fingerprint density at radius 1 is 0.746 bits per heavy atom. The van der Waals surface area contributed by atoms with Crippen LogP contribution in [0.1, 0.15) is 5.56 Å². The third-order valence-electron chi connectivity index (χ3n) is 8.11. The molecule has 0 atom stereocenters. The van der Waals surface area contributed by atoms with Gasteiger partial charge in [0.25, 0.3) is 40.5 Å². The summed E-state index contributed by atoms with van der Waals surface area (Å²) in [6.07, 6.45) is 3.22. The minimum Gasteiger partial charge on any atom is -0.505 e. The minimum atomic E-state index is -5.88. The topological polar surface area (TPSA) is 320 Å². The van der Waals surface area contributed by atoms with Crippen molar-refractivity contribution in [3.05, 3.63) is 96.3 Å². The van der Waals surface area contributed by atoms with Crippen molar-refractivity contribution < 1.29 is 70.3 Å². The van der Waals surface area contributed by atoms with E-state index >= 15 is 4.39 Å². The number of anilines is 4. The van der Waals surface area contributed by atoms with E-state index in [1.807, 2.05) is 6.92 Å². The van der Waals surface area contributed by atoms with Crippen LogP contribution in [0.15, 0.2) is 109 Å². The lowest BCUT2D eigenvalue weighted by atomic mass is 10.1. The van der Waals surface area contributed by atoms with Crippen molar-refractivity contribution in [1.29, 1.82) is 0 Å². The number of hydrogen-bond donors (Lipinski definition) is 6. The number of phenols is 1. The predicted molar refractivity (Wildman–Crippen MR) is 199 cm³/mol. The first kappa shape index (κ1) is 42.4. The van der Waals surface area contributed by atoms with Crippen LogP contribution in [-0.4, -0.2) is 79.0 Å². The second kappa shape index (κ2) is 15.2. The summed E-state index contributed by atoms with van der Waals surface area (Å²) in [4.78, 5) is 8.24. The highest BCUT2D eigenvalue weighted by Crippen LogP contribution is 2.46. The molecule has 27 heteroatoms. The van der Waals surface area contributed by atoms with E-state index < -0.39 is 105 Å². The number of hydrogen-bond acceptors (Lipinski definition) is 16. The van der Waals surface area contributed by atoms with Crippen molar-refractivity contribution in [3.63, 3.8) is 0 Å².